The summed E-state index contributed by atoms with van der Waals surface area (Å²) >= 11 is 0. The zero-order chi connectivity index (χ0) is 18.9. The van der Waals surface area contributed by atoms with Crippen molar-refractivity contribution in [2.24, 2.45) is 0 Å². The zero-order valence-corrected chi connectivity index (χ0v) is 16.1. The van der Waals surface area contributed by atoms with Crippen LogP contribution in [0.5, 0.6) is 0 Å². The molecule has 8 heteroatoms. The Balaban J connectivity index is 1.77. The maximum atomic E-state index is 12.2. The van der Waals surface area contributed by atoms with Crippen LogP contribution in [0.4, 0.5) is 5.95 Å². The highest BCUT2D eigenvalue weighted by Crippen LogP contribution is 2.23. The normalized spacial score (nSPS) is 24.4. The first-order valence-corrected chi connectivity index (χ1v) is 9.25. The van der Waals surface area contributed by atoms with E-state index in [9.17, 15) is 9.90 Å². The predicted molar refractivity (Wildman–Crippen MR) is 99.9 cm³/mol. The van der Waals surface area contributed by atoms with Crippen LogP contribution in [0, 0.1) is 0 Å². The second-order valence-corrected chi connectivity index (χ2v) is 8.14. The fourth-order valence-electron chi connectivity index (χ4n) is 3.49. The van der Waals surface area contributed by atoms with E-state index in [1.807, 2.05) is 13.8 Å². The molecule has 1 aromatic heterocycles. The first-order chi connectivity index (χ1) is 12.2. The molecule has 2 aliphatic heterocycles. The number of aromatic nitrogens is 2. The summed E-state index contributed by atoms with van der Waals surface area (Å²) in [6, 6.07) is 0.182. The number of amides is 1. The molecule has 3 rings (SSSR count). The van der Waals surface area contributed by atoms with E-state index in [2.05, 4.69) is 30.4 Å². The summed E-state index contributed by atoms with van der Waals surface area (Å²) in [6.07, 6.45) is 3.39. The predicted octanol–water partition coefficient (Wildman–Crippen LogP) is -0.307. The van der Waals surface area contributed by atoms with Gasteiger partial charge >= 0.3 is 0 Å². The van der Waals surface area contributed by atoms with E-state index in [1.54, 1.807) is 26.2 Å². The van der Waals surface area contributed by atoms with Crippen LogP contribution >= 0.6 is 0 Å². The minimum atomic E-state index is -0.952. The van der Waals surface area contributed by atoms with Crippen LogP contribution < -0.4 is 15.5 Å². The highest BCUT2D eigenvalue weighted by molar-refractivity contribution is 5.86. The van der Waals surface area contributed by atoms with E-state index < -0.39 is 11.1 Å². The summed E-state index contributed by atoms with van der Waals surface area (Å²) in [4.78, 5) is 25.6. The van der Waals surface area contributed by atoms with Gasteiger partial charge in [-0.3, -0.25) is 9.69 Å². The van der Waals surface area contributed by atoms with Gasteiger partial charge in [0, 0.05) is 57.2 Å². The Morgan fingerprint density at radius 3 is 2.62 bits per heavy atom. The first-order valence-electron chi connectivity index (χ1n) is 9.25. The number of aliphatic hydroxyl groups is 1. The zero-order valence-electron chi connectivity index (χ0n) is 16.1. The molecule has 2 aliphatic rings. The lowest BCUT2D eigenvalue weighted by atomic mass is 9.97. The number of carbonyl (C=O) groups is 1. The van der Waals surface area contributed by atoms with Crippen LogP contribution in [0.2, 0.25) is 0 Å². The van der Waals surface area contributed by atoms with Gasteiger partial charge in [0.05, 0.1) is 17.2 Å². The van der Waals surface area contributed by atoms with Crippen molar-refractivity contribution in [1.82, 2.24) is 25.5 Å². The first kappa shape index (κ1) is 19.0. The minimum Gasteiger partial charge on any atom is -0.386 e. The topological polar surface area (TPSA) is 93.6 Å². The van der Waals surface area contributed by atoms with Gasteiger partial charge in [0.25, 0.3) is 0 Å². The minimum absolute atomic E-state index is 0.0739. The van der Waals surface area contributed by atoms with Crippen molar-refractivity contribution in [2.75, 3.05) is 44.2 Å². The van der Waals surface area contributed by atoms with Crippen LogP contribution in [-0.2, 0) is 10.4 Å². The number of rotatable bonds is 4. The number of nitrogens with zero attached hydrogens (tertiary/aromatic N) is 4. The van der Waals surface area contributed by atoms with Crippen molar-refractivity contribution in [3.63, 3.8) is 0 Å². The smallest absolute Gasteiger partial charge is 0.240 e. The quantitative estimate of drug-likeness (QED) is 0.677. The van der Waals surface area contributed by atoms with E-state index in [4.69, 9.17) is 0 Å². The van der Waals surface area contributed by atoms with Crippen LogP contribution in [0.3, 0.4) is 0 Å². The SMILES string of the molecule is CC(C)(O)c1cnc(N2CCNC[C@@H]2CN2CCNC(=O)C2(C)C)nc1. The molecule has 0 unspecified atom stereocenters. The van der Waals surface area contributed by atoms with Gasteiger partial charge in [0.15, 0.2) is 0 Å². The molecule has 1 aromatic rings. The van der Waals surface area contributed by atoms with Gasteiger partial charge in [-0.25, -0.2) is 9.97 Å². The van der Waals surface area contributed by atoms with Crippen molar-refractivity contribution in [2.45, 2.75) is 44.9 Å². The molecular weight excluding hydrogens is 332 g/mol. The third kappa shape index (κ3) is 3.82. The Bertz CT molecular complexity index is 640. The van der Waals surface area contributed by atoms with E-state index >= 15 is 0 Å². The molecule has 2 fully saturated rings. The van der Waals surface area contributed by atoms with Crippen molar-refractivity contribution in [3.8, 4) is 0 Å². The number of hydrogen-bond donors (Lipinski definition) is 3. The molecule has 8 nitrogen and oxygen atoms in total. The van der Waals surface area contributed by atoms with E-state index in [-0.39, 0.29) is 11.9 Å². The summed E-state index contributed by atoms with van der Waals surface area (Å²) in [6.45, 7) is 12.2. The molecule has 26 heavy (non-hydrogen) atoms. The van der Waals surface area contributed by atoms with Gasteiger partial charge in [-0.2, -0.15) is 0 Å². The number of hydrogen-bond acceptors (Lipinski definition) is 7. The van der Waals surface area contributed by atoms with Crippen molar-refractivity contribution in [1.29, 1.82) is 0 Å². The average Bonchev–Trinajstić information content (AvgIpc) is 2.59. The lowest BCUT2D eigenvalue weighted by molar-refractivity contribution is -0.135. The Kier molecular flexibility index (Phi) is 5.18. The fraction of sp³-hybridized carbons (Fsp3) is 0.722. The largest absolute Gasteiger partial charge is 0.386 e. The van der Waals surface area contributed by atoms with Crippen molar-refractivity contribution < 1.29 is 9.90 Å². The van der Waals surface area contributed by atoms with Crippen molar-refractivity contribution in [3.05, 3.63) is 18.0 Å². The fourth-order valence-corrected chi connectivity index (χ4v) is 3.49. The molecule has 3 heterocycles. The number of nitrogens with one attached hydrogen (secondary N) is 2. The number of anilines is 1. The van der Waals surface area contributed by atoms with Crippen LogP contribution in [-0.4, -0.2) is 76.7 Å². The summed E-state index contributed by atoms with van der Waals surface area (Å²) in [5.74, 6) is 0.744. The monoisotopic (exact) mass is 362 g/mol. The third-order valence-corrected chi connectivity index (χ3v) is 5.40. The summed E-state index contributed by atoms with van der Waals surface area (Å²) in [7, 11) is 0. The van der Waals surface area contributed by atoms with E-state index in [0.29, 0.717) is 18.1 Å². The molecule has 0 bridgehead atoms. The summed E-state index contributed by atoms with van der Waals surface area (Å²) < 4.78 is 0. The lowest BCUT2D eigenvalue weighted by Crippen LogP contribution is -2.66. The molecule has 1 amide bonds. The average molecular weight is 362 g/mol. The highest BCUT2D eigenvalue weighted by Gasteiger charge is 2.39. The molecule has 0 aromatic carbocycles. The summed E-state index contributed by atoms with van der Waals surface area (Å²) in [5, 5.41) is 16.5. The van der Waals surface area contributed by atoms with Crippen molar-refractivity contribution >= 4 is 11.9 Å². The van der Waals surface area contributed by atoms with Crippen LogP contribution in [0.25, 0.3) is 0 Å². The maximum absolute atomic E-state index is 12.2. The molecule has 0 radical (unpaired) electrons. The second kappa shape index (κ2) is 7.09. The Morgan fingerprint density at radius 2 is 1.96 bits per heavy atom. The molecule has 3 N–H and O–H groups in total. The third-order valence-electron chi connectivity index (χ3n) is 5.40. The van der Waals surface area contributed by atoms with Crippen LogP contribution in [0.15, 0.2) is 12.4 Å². The van der Waals surface area contributed by atoms with Gasteiger partial charge < -0.3 is 20.6 Å². The standard InChI is InChI=1S/C18H30N6O2/c1-17(2)15(25)20-6-7-23(17)12-14-11-19-5-8-24(14)16-21-9-13(10-22-16)18(3,4)26/h9-10,14,19,26H,5-8,11-12H2,1-4H3,(H,20,25)/t14-/m1/s1. The molecule has 2 saturated heterocycles. The Morgan fingerprint density at radius 1 is 1.27 bits per heavy atom. The molecule has 1 atom stereocenters. The van der Waals surface area contributed by atoms with Crippen LogP contribution in [0.1, 0.15) is 33.3 Å². The molecule has 0 spiro atoms. The molecular formula is C18H30N6O2. The van der Waals surface area contributed by atoms with Gasteiger partial charge in [0.2, 0.25) is 11.9 Å². The number of carbonyl (C=O) groups excluding carboxylic acids is 1. The highest BCUT2D eigenvalue weighted by atomic mass is 16.3. The molecule has 0 saturated carbocycles. The van der Waals surface area contributed by atoms with Gasteiger partial charge in [-0.05, 0) is 27.7 Å². The Labute approximate surface area is 155 Å². The Hall–Kier alpha value is -1.77. The van der Waals surface area contributed by atoms with E-state index in [1.165, 1.54) is 0 Å². The number of piperazine rings is 2. The van der Waals surface area contributed by atoms with E-state index in [0.717, 1.165) is 32.7 Å². The van der Waals surface area contributed by atoms with Gasteiger partial charge in [0.1, 0.15) is 0 Å². The lowest BCUT2D eigenvalue weighted by Gasteiger charge is -2.46. The molecule has 0 aliphatic carbocycles. The van der Waals surface area contributed by atoms with Gasteiger partial charge in [-0.15, -0.1) is 0 Å². The summed E-state index contributed by atoms with van der Waals surface area (Å²) in [5.41, 5.74) is -0.777. The van der Waals surface area contributed by atoms with Gasteiger partial charge in [-0.1, -0.05) is 0 Å². The molecule has 144 valence electrons. The maximum Gasteiger partial charge on any atom is 0.240 e. The second-order valence-electron chi connectivity index (χ2n) is 8.14.